The van der Waals surface area contributed by atoms with Gasteiger partial charge in [0.25, 0.3) is 0 Å². The highest BCUT2D eigenvalue weighted by Crippen LogP contribution is 2.33. The fraction of sp³-hybridized carbons (Fsp3) is 0.625. The first kappa shape index (κ1) is 13.6. The summed E-state index contributed by atoms with van der Waals surface area (Å²) >= 11 is 0. The highest BCUT2D eigenvalue weighted by Gasteiger charge is 2.32. The molecule has 2 unspecified atom stereocenters. The van der Waals surface area contributed by atoms with Crippen molar-refractivity contribution in [3.63, 3.8) is 0 Å². The van der Waals surface area contributed by atoms with E-state index < -0.39 is 0 Å². The van der Waals surface area contributed by atoms with Crippen LogP contribution in [0.2, 0.25) is 0 Å². The van der Waals surface area contributed by atoms with Crippen LogP contribution in [0.5, 0.6) is 0 Å². The van der Waals surface area contributed by atoms with E-state index in [2.05, 4.69) is 38.1 Å². The van der Waals surface area contributed by atoms with E-state index in [1.54, 1.807) is 0 Å². The molecule has 0 aromatic heterocycles. The normalized spacial score (nSPS) is 24.1. The van der Waals surface area contributed by atoms with Crippen molar-refractivity contribution in [2.75, 3.05) is 6.61 Å². The van der Waals surface area contributed by atoms with E-state index in [4.69, 9.17) is 4.74 Å². The Hall–Kier alpha value is -0.860. The highest BCUT2D eigenvalue weighted by molar-refractivity contribution is 5.15. The standard InChI is InChI=1S/C16H24O2/c1-16(2)9-8-15(18-16)11-14(12-17)10-13-6-4-3-5-7-13/h3-7,14-15,17H,8-12H2,1-2H3. The molecule has 1 saturated heterocycles. The number of benzene rings is 1. The fourth-order valence-electron chi connectivity index (χ4n) is 2.79. The van der Waals surface area contributed by atoms with Crippen LogP contribution in [0.4, 0.5) is 0 Å². The maximum atomic E-state index is 9.52. The van der Waals surface area contributed by atoms with Crippen LogP contribution in [-0.4, -0.2) is 23.4 Å². The maximum Gasteiger partial charge on any atom is 0.0631 e. The van der Waals surface area contributed by atoms with E-state index >= 15 is 0 Å². The zero-order valence-electron chi connectivity index (χ0n) is 11.4. The predicted molar refractivity (Wildman–Crippen MR) is 73.5 cm³/mol. The number of hydrogen-bond acceptors (Lipinski definition) is 2. The fourth-order valence-corrected chi connectivity index (χ4v) is 2.79. The Balaban J connectivity index is 1.87. The van der Waals surface area contributed by atoms with Crippen LogP contribution in [0, 0.1) is 5.92 Å². The average molecular weight is 248 g/mol. The van der Waals surface area contributed by atoms with Crippen molar-refractivity contribution in [1.29, 1.82) is 0 Å². The minimum Gasteiger partial charge on any atom is -0.396 e. The van der Waals surface area contributed by atoms with Gasteiger partial charge in [0, 0.05) is 6.61 Å². The van der Waals surface area contributed by atoms with E-state index in [1.807, 2.05) is 6.07 Å². The Morgan fingerprint density at radius 1 is 1.33 bits per heavy atom. The average Bonchev–Trinajstić information content (AvgIpc) is 2.69. The number of aliphatic hydroxyl groups excluding tert-OH is 1. The molecule has 1 aliphatic rings. The lowest BCUT2D eigenvalue weighted by Gasteiger charge is -2.22. The maximum absolute atomic E-state index is 9.52. The molecule has 1 aromatic rings. The predicted octanol–water partition coefficient (Wildman–Crippen LogP) is 3.19. The van der Waals surface area contributed by atoms with Crippen LogP contribution >= 0.6 is 0 Å². The van der Waals surface area contributed by atoms with Crippen molar-refractivity contribution < 1.29 is 9.84 Å². The molecule has 100 valence electrons. The molecule has 0 aliphatic carbocycles. The summed E-state index contributed by atoms with van der Waals surface area (Å²) in [5.41, 5.74) is 1.33. The van der Waals surface area contributed by atoms with E-state index in [1.165, 1.54) is 5.56 Å². The molecule has 0 spiro atoms. The number of rotatable bonds is 5. The summed E-state index contributed by atoms with van der Waals surface area (Å²) in [7, 11) is 0. The minimum atomic E-state index is 0.0252. The molecule has 1 aromatic carbocycles. The number of hydrogen-bond donors (Lipinski definition) is 1. The summed E-state index contributed by atoms with van der Waals surface area (Å²) in [5, 5.41) is 9.52. The van der Waals surface area contributed by atoms with E-state index in [0.717, 1.165) is 25.7 Å². The molecule has 1 N–H and O–H groups in total. The van der Waals surface area contributed by atoms with Crippen LogP contribution in [-0.2, 0) is 11.2 Å². The second-order valence-electron chi connectivity index (χ2n) is 6.01. The third-order valence-corrected chi connectivity index (χ3v) is 3.78. The van der Waals surface area contributed by atoms with Crippen LogP contribution < -0.4 is 0 Å². The van der Waals surface area contributed by atoms with Gasteiger partial charge in [-0.05, 0) is 51.0 Å². The second kappa shape index (κ2) is 5.85. The van der Waals surface area contributed by atoms with Gasteiger partial charge >= 0.3 is 0 Å². The van der Waals surface area contributed by atoms with E-state index in [0.29, 0.717) is 12.0 Å². The summed E-state index contributed by atoms with van der Waals surface area (Å²) in [6, 6.07) is 10.4. The Bertz CT molecular complexity index is 359. The van der Waals surface area contributed by atoms with Gasteiger partial charge in [0.15, 0.2) is 0 Å². The topological polar surface area (TPSA) is 29.5 Å². The summed E-state index contributed by atoms with van der Waals surface area (Å²) in [5.74, 6) is 0.311. The molecule has 0 bridgehead atoms. The Morgan fingerprint density at radius 3 is 2.61 bits per heavy atom. The molecule has 0 amide bonds. The Labute approximate surface area is 110 Å². The summed E-state index contributed by atoms with van der Waals surface area (Å²) in [6.07, 6.45) is 4.48. The van der Waals surface area contributed by atoms with Gasteiger partial charge in [0.1, 0.15) is 0 Å². The molecule has 0 saturated carbocycles. The Kier molecular flexibility index (Phi) is 4.41. The zero-order valence-corrected chi connectivity index (χ0v) is 11.4. The van der Waals surface area contributed by atoms with Crippen molar-refractivity contribution in [3.05, 3.63) is 35.9 Å². The van der Waals surface area contributed by atoms with Crippen LogP contribution in [0.15, 0.2) is 30.3 Å². The van der Waals surface area contributed by atoms with Gasteiger partial charge < -0.3 is 9.84 Å². The Morgan fingerprint density at radius 2 is 2.06 bits per heavy atom. The zero-order chi connectivity index (χ0) is 13.0. The molecule has 2 atom stereocenters. The van der Waals surface area contributed by atoms with Gasteiger partial charge in [-0.1, -0.05) is 30.3 Å². The molecule has 2 heteroatoms. The van der Waals surface area contributed by atoms with Crippen molar-refractivity contribution in [2.45, 2.75) is 51.2 Å². The molecular formula is C16H24O2. The number of ether oxygens (including phenoxy) is 1. The molecule has 2 rings (SSSR count). The SMILES string of the molecule is CC1(C)CCC(CC(CO)Cc2ccccc2)O1. The summed E-state index contributed by atoms with van der Waals surface area (Å²) in [6.45, 7) is 4.55. The van der Waals surface area contributed by atoms with Gasteiger partial charge in [-0.25, -0.2) is 0 Å². The van der Waals surface area contributed by atoms with Crippen molar-refractivity contribution in [1.82, 2.24) is 0 Å². The van der Waals surface area contributed by atoms with Crippen LogP contribution in [0.25, 0.3) is 0 Å². The van der Waals surface area contributed by atoms with Gasteiger partial charge in [-0.2, -0.15) is 0 Å². The van der Waals surface area contributed by atoms with Crippen LogP contribution in [0.3, 0.4) is 0 Å². The molecule has 0 radical (unpaired) electrons. The second-order valence-corrected chi connectivity index (χ2v) is 6.01. The molecule has 2 nitrogen and oxygen atoms in total. The minimum absolute atomic E-state index is 0.0252. The highest BCUT2D eigenvalue weighted by atomic mass is 16.5. The van der Waals surface area contributed by atoms with E-state index in [-0.39, 0.29) is 12.2 Å². The lowest BCUT2D eigenvalue weighted by molar-refractivity contribution is -0.0276. The molecule has 1 fully saturated rings. The third-order valence-electron chi connectivity index (χ3n) is 3.78. The molecule has 18 heavy (non-hydrogen) atoms. The molecule has 1 heterocycles. The largest absolute Gasteiger partial charge is 0.396 e. The van der Waals surface area contributed by atoms with Gasteiger partial charge in [0.2, 0.25) is 0 Å². The van der Waals surface area contributed by atoms with Crippen molar-refractivity contribution in [2.24, 2.45) is 5.92 Å². The summed E-state index contributed by atoms with van der Waals surface area (Å²) < 4.78 is 6.01. The van der Waals surface area contributed by atoms with Gasteiger partial charge in [-0.3, -0.25) is 0 Å². The van der Waals surface area contributed by atoms with Crippen molar-refractivity contribution >= 4 is 0 Å². The lowest BCUT2D eigenvalue weighted by Crippen LogP contribution is -2.23. The molecular weight excluding hydrogens is 224 g/mol. The smallest absolute Gasteiger partial charge is 0.0631 e. The first-order chi connectivity index (χ1) is 8.59. The monoisotopic (exact) mass is 248 g/mol. The summed E-state index contributed by atoms with van der Waals surface area (Å²) in [4.78, 5) is 0. The molecule has 1 aliphatic heterocycles. The number of aliphatic hydroxyl groups is 1. The van der Waals surface area contributed by atoms with Crippen LogP contribution in [0.1, 0.15) is 38.7 Å². The van der Waals surface area contributed by atoms with E-state index in [9.17, 15) is 5.11 Å². The van der Waals surface area contributed by atoms with Gasteiger partial charge in [0.05, 0.1) is 11.7 Å². The first-order valence-corrected chi connectivity index (χ1v) is 6.92. The third kappa shape index (κ3) is 3.82. The quantitative estimate of drug-likeness (QED) is 0.867. The van der Waals surface area contributed by atoms with Gasteiger partial charge in [-0.15, -0.1) is 0 Å². The first-order valence-electron chi connectivity index (χ1n) is 6.92. The lowest BCUT2D eigenvalue weighted by atomic mass is 9.93. The van der Waals surface area contributed by atoms with Crippen molar-refractivity contribution in [3.8, 4) is 0 Å².